The van der Waals surface area contributed by atoms with Crippen molar-refractivity contribution < 1.29 is 54.5 Å². The van der Waals surface area contributed by atoms with Crippen LogP contribution < -0.4 is 15.4 Å². The number of aliphatic carboxylic acids is 1. The highest BCUT2D eigenvalue weighted by molar-refractivity contribution is 8.00. The van der Waals surface area contributed by atoms with E-state index in [9.17, 15) is 45.0 Å². The fraction of sp³-hybridized carbons (Fsp3) is 0.433. The number of aliphatic hydroxyl groups is 4. The van der Waals surface area contributed by atoms with Crippen LogP contribution in [0.25, 0.3) is 0 Å². The van der Waals surface area contributed by atoms with E-state index < -0.39 is 72.7 Å². The minimum Gasteiger partial charge on any atom is -0.506 e. The van der Waals surface area contributed by atoms with E-state index in [1.807, 2.05) is 0 Å². The lowest BCUT2D eigenvalue weighted by atomic mass is 9.89. The lowest BCUT2D eigenvalue weighted by molar-refractivity contribution is -0.203. The first-order valence-corrected chi connectivity index (χ1v) is 15.1. The van der Waals surface area contributed by atoms with Crippen LogP contribution in [0, 0.1) is 12.3 Å². The zero-order chi connectivity index (χ0) is 33.1. The summed E-state index contributed by atoms with van der Waals surface area (Å²) in [4.78, 5) is 34.9. The molecule has 0 unspecified atom stereocenters. The Labute approximate surface area is 268 Å². The molecule has 15 heteroatoms. The lowest BCUT2D eigenvalue weighted by Crippen LogP contribution is -2.67. The van der Waals surface area contributed by atoms with Crippen LogP contribution in [-0.4, -0.2) is 104 Å². The monoisotopic (exact) mass is 666 g/mol. The molecule has 0 aliphatic carbocycles. The Morgan fingerprint density at radius 3 is 2.47 bits per heavy atom. The van der Waals surface area contributed by atoms with Crippen LogP contribution in [0.5, 0.6) is 11.5 Å². The second kappa shape index (κ2) is 16.7. The number of aromatic hydroxyl groups is 1. The number of phenols is 1. The molecule has 0 radical (unpaired) electrons. The van der Waals surface area contributed by atoms with Gasteiger partial charge >= 0.3 is 5.97 Å². The predicted octanol–water partition coefficient (Wildman–Crippen LogP) is 0.169. The third-order valence-corrected chi connectivity index (χ3v) is 8.60. The van der Waals surface area contributed by atoms with Gasteiger partial charge in [0, 0.05) is 25.1 Å². The summed E-state index contributed by atoms with van der Waals surface area (Å²) in [6, 6.07) is 9.59. The van der Waals surface area contributed by atoms with E-state index in [2.05, 4.69) is 16.6 Å². The molecule has 0 spiro atoms. The molecule has 3 rings (SSSR count). The molecule has 2 amide bonds. The second-order valence-electron chi connectivity index (χ2n) is 10.2. The standard InChI is InChI=1S/C30H35ClN2O11S/c1-2-3-10-43-19-7-4-17(5-8-19)16-45-30(29(41)42)13-22(36)26(33-25(39)15-34)28(44-30)27(40)23(37)14-32-24(38)12-18-6-9-20(31)21(35)11-18/h1,4-9,11,22-23,26-28,34-37,40H,3,10,12-16H2,(H,32,38)(H,33,39)(H,41,42)/t22-,23+,26+,27+,28+,30-/m0/s1. The SMILES string of the molecule is C#CCCOc1ccc(CS[C@]2(C(=O)O)C[C@H](O)[C@@H](NC(=O)CO)[C@H]([C@H](O)[C@H](O)CNC(=O)Cc3ccc(Cl)c(O)c3)O2)cc1. The maximum atomic E-state index is 12.6. The summed E-state index contributed by atoms with van der Waals surface area (Å²) in [5, 5.41) is 66.8. The first-order valence-electron chi connectivity index (χ1n) is 13.8. The van der Waals surface area contributed by atoms with Crippen molar-refractivity contribution in [3.8, 4) is 23.8 Å². The van der Waals surface area contributed by atoms with Gasteiger partial charge < -0.3 is 50.7 Å². The van der Waals surface area contributed by atoms with Crippen LogP contribution in [0.1, 0.15) is 24.0 Å². The molecule has 45 heavy (non-hydrogen) atoms. The van der Waals surface area contributed by atoms with Crippen LogP contribution in [0.2, 0.25) is 5.02 Å². The molecular weight excluding hydrogens is 632 g/mol. The number of hydrogen-bond acceptors (Lipinski definition) is 11. The number of hydrogen-bond donors (Lipinski definition) is 8. The van der Waals surface area contributed by atoms with E-state index in [1.54, 1.807) is 24.3 Å². The van der Waals surface area contributed by atoms with Crippen molar-refractivity contribution in [2.75, 3.05) is 19.8 Å². The summed E-state index contributed by atoms with van der Waals surface area (Å²) < 4.78 is 11.4. The quantitative estimate of drug-likeness (QED) is 0.0943. The third-order valence-electron chi connectivity index (χ3n) is 6.89. The molecule has 1 aliphatic heterocycles. The molecule has 1 heterocycles. The number of aliphatic hydroxyl groups excluding tert-OH is 4. The fourth-order valence-electron chi connectivity index (χ4n) is 4.53. The van der Waals surface area contributed by atoms with Gasteiger partial charge in [-0.3, -0.25) is 9.59 Å². The number of amides is 2. The third kappa shape index (κ3) is 9.97. The average Bonchev–Trinajstić information content (AvgIpc) is 3.01. The number of rotatable bonds is 15. The average molecular weight is 667 g/mol. The summed E-state index contributed by atoms with van der Waals surface area (Å²) in [6.07, 6.45) is -1.97. The normalized spacial score (nSPS) is 22.4. The number of thioether (sulfide) groups is 1. The highest BCUT2D eigenvalue weighted by Gasteiger charge is 2.55. The van der Waals surface area contributed by atoms with Crippen molar-refractivity contribution in [1.82, 2.24) is 10.6 Å². The summed E-state index contributed by atoms with van der Waals surface area (Å²) in [6.45, 7) is -1.15. The summed E-state index contributed by atoms with van der Waals surface area (Å²) in [5.74, 6) is -0.0848. The van der Waals surface area contributed by atoms with E-state index in [4.69, 9.17) is 27.5 Å². The maximum Gasteiger partial charge on any atom is 0.346 e. The van der Waals surface area contributed by atoms with Gasteiger partial charge in [-0.05, 0) is 35.4 Å². The first kappa shape index (κ1) is 35.9. The number of halogens is 1. The van der Waals surface area contributed by atoms with Crippen molar-refractivity contribution in [1.29, 1.82) is 0 Å². The number of phenolic OH excluding ortho intramolecular Hbond substituents is 1. The number of nitrogens with one attached hydrogen (secondary N) is 2. The molecule has 244 valence electrons. The minimum absolute atomic E-state index is 0.0962. The van der Waals surface area contributed by atoms with E-state index in [0.717, 1.165) is 11.8 Å². The van der Waals surface area contributed by atoms with Gasteiger partial charge in [0.05, 0.1) is 36.3 Å². The number of carbonyl (C=O) groups excluding carboxylic acids is 2. The van der Waals surface area contributed by atoms with E-state index >= 15 is 0 Å². The zero-order valence-corrected chi connectivity index (χ0v) is 25.5. The highest BCUT2D eigenvalue weighted by atomic mass is 35.5. The molecule has 8 N–H and O–H groups in total. The summed E-state index contributed by atoms with van der Waals surface area (Å²) in [7, 11) is 0. The smallest absolute Gasteiger partial charge is 0.346 e. The first-order chi connectivity index (χ1) is 21.4. The highest BCUT2D eigenvalue weighted by Crippen LogP contribution is 2.42. The van der Waals surface area contributed by atoms with Gasteiger partial charge in [-0.1, -0.05) is 29.8 Å². The molecular formula is C30H35ClN2O11S. The van der Waals surface area contributed by atoms with Crippen molar-refractivity contribution in [2.24, 2.45) is 0 Å². The number of carboxylic acid groups (broad SMARTS) is 1. The number of terminal acetylenes is 1. The van der Waals surface area contributed by atoms with Crippen LogP contribution in [0.15, 0.2) is 42.5 Å². The Bertz CT molecular complexity index is 1370. The van der Waals surface area contributed by atoms with Gasteiger partial charge in [0.2, 0.25) is 16.7 Å². The van der Waals surface area contributed by atoms with Gasteiger partial charge in [-0.15, -0.1) is 24.1 Å². The van der Waals surface area contributed by atoms with Gasteiger partial charge in [0.25, 0.3) is 0 Å². The summed E-state index contributed by atoms with van der Waals surface area (Å²) in [5.41, 5.74) is 1.11. The largest absolute Gasteiger partial charge is 0.506 e. The molecule has 2 aromatic rings. The van der Waals surface area contributed by atoms with Crippen molar-refractivity contribution in [3.63, 3.8) is 0 Å². The Morgan fingerprint density at radius 2 is 1.84 bits per heavy atom. The van der Waals surface area contributed by atoms with E-state index in [-0.39, 0.29) is 22.9 Å². The molecule has 0 saturated carbocycles. The zero-order valence-electron chi connectivity index (χ0n) is 24.0. The molecule has 1 aliphatic rings. The lowest BCUT2D eigenvalue weighted by Gasteiger charge is -2.46. The molecule has 0 bridgehead atoms. The Balaban J connectivity index is 1.73. The fourth-order valence-corrected chi connectivity index (χ4v) is 5.83. The maximum absolute atomic E-state index is 12.6. The summed E-state index contributed by atoms with van der Waals surface area (Å²) >= 11 is 6.59. The van der Waals surface area contributed by atoms with Gasteiger partial charge in [-0.25, -0.2) is 4.79 Å². The van der Waals surface area contributed by atoms with Gasteiger partial charge in [0.15, 0.2) is 0 Å². The van der Waals surface area contributed by atoms with Crippen LogP contribution in [0.4, 0.5) is 0 Å². The number of benzene rings is 2. The predicted molar refractivity (Wildman–Crippen MR) is 163 cm³/mol. The number of carboxylic acids is 1. The molecule has 6 atom stereocenters. The topological polar surface area (TPSA) is 215 Å². The molecule has 1 saturated heterocycles. The van der Waals surface area contributed by atoms with Crippen LogP contribution in [0.3, 0.4) is 0 Å². The Kier molecular flexibility index (Phi) is 13.3. The second-order valence-corrected chi connectivity index (χ2v) is 11.9. The van der Waals surface area contributed by atoms with Gasteiger partial charge in [0.1, 0.15) is 30.3 Å². The molecule has 13 nitrogen and oxygen atoms in total. The van der Waals surface area contributed by atoms with E-state index in [1.165, 1.54) is 18.2 Å². The molecule has 0 aromatic heterocycles. The van der Waals surface area contributed by atoms with E-state index in [0.29, 0.717) is 29.9 Å². The van der Waals surface area contributed by atoms with Crippen LogP contribution >= 0.6 is 23.4 Å². The van der Waals surface area contributed by atoms with Gasteiger partial charge in [-0.2, -0.15) is 0 Å². The minimum atomic E-state index is -2.12. The Hall–Kier alpha value is -3.55. The van der Waals surface area contributed by atoms with Crippen LogP contribution in [-0.2, 0) is 31.3 Å². The number of carbonyl (C=O) groups is 3. The van der Waals surface area contributed by atoms with Crippen molar-refractivity contribution in [3.05, 3.63) is 58.6 Å². The number of ether oxygens (including phenoxy) is 2. The molecule has 2 aromatic carbocycles. The molecule has 1 fully saturated rings. The Morgan fingerprint density at radius 1 is 1.16 bits per heavy atom. The van der Waals surface area contributed by atoms with Crippen molar-refractivity contribution >= 4 is 41.1 Å². The van der Waals surface area contributed by atoms with Crippen molar-refractivity contribution in [2.45, 2.75) is 60.4 Å².